The Balaban J connectivity index is 1.66. The second-order valence-corrected chi connectivity index (χ2v) is 10.4. The lowest BCUT2D eigenvalue weighted by atomic mass is 9.95. The first-order valence-electron chi connectivity index (χ1n) is 12.9. The molecule has 0 N–H and O–H groups in total. The predicted molar refractivity (Wildman–Crippen MR) is 155 cm³/mol. The van der Waals surface area contributed by atoms with Crippen molar-refractivity contribution in [1.29, 1.82) is 0 Å². The molecule has 2 aromatic heterocycles. The number of thiazole rings is 1. The van der Waals surface area contributed by atoms with Crippen molar-refractivity contribution in [3.05, 3.63) is 106 Å². The van der Waals surface area contributed by atoms with Crippen LogP contribution in [0.1, 0.15) is 36.8 Å². The first-order valence-corrected chi connectivity index (χ1v) is 13.7. The van der Waals surface area contributed by atoms with Crippen LogP contribution in [-0.4, -0.2) is 36.3 Å². The molecule has 0 spiro atoms. The Labute approximate surface area is 243 Å². The first kappa shape index (κ1) is 28.6. The van der Waals surface area contributed by atoms with Crippen LogP contribution in [0.2, 0.25) is 0 Å². The highest BCUT2D eigenvalue weighted by Crippen LogP contribution is 2.37. The van der Waals surface area contributed by atoms with Crippen LogP contribution in [0.4, 0.5) is 5.69 Å². The van der Waals surface area contributed by atoms with Gasteiger partial charge in [-0.15, -0.1) is 0 Å². The molecule has 0 amide bonds. The molecule has 11 nitrogen and oxygen atoms in total. The second-order valence-electron chi connectivity index (χ2n) is 9.37. The van der Waals surface area contributed by atoms with Crippen LogP contribution in [0.15, 0.2) is 74.0 Å². The number of furan rings is 1. The van der Waals surface area contributed by atoms with Gasteiger partial charge in [0.15, 0.2) is 4.80 Å². The zero-order chi connectivity index (χ0) is 30.1. The number of nitro benzene ring substituents is 1. The molecule has 0 saturated carbocycles. The third-order valence-corrected chi connectivity index (χ3v) is 7.83. The van der Waals surface area contributed by atoms with Gasteiger partial charge in [0.2, 0.25) is 0 Å². The number of nitrogens with zero attached hydrogens (tertiary/aromatic N) is 3. The number of hydrogen-bond acceptors (Lipinski definition) is 10. The van der Waals surface area contributed by atoms with Crippen LogP contribution >= 0.6 is 11.3 Å². The highest BCUT2D eigenvalue weighted by atomic mass is 32.1. The van der Waals surface area contributed by atoms with Crippen LogP contribution in [-0.2, 0) is 9.53 Å². The first-order chi connectivity index (χ1) is 20.2. The molecule has 2 aromatic carbocycles. The molecule has 0 fully saturated rings. The summed E-state index contributed by atoms with van der Waals surface area (Å²) in [6, 6.07) is 12.2. The molecular weight excluding hydrogens is 562 g/mol. The van der Waals surface area contributed by atoms with E-state index >= 15 is 0 Å². The van der Waals surface area contributed by atoms with E-state index in [-0.39, 0.29) is 23.4 Å². The van der Waals surface area contributed by atoms with E-state index in [0.717, 1.165) is 16.9 Å². The van der Waals surface area contributed by atoms with Gasteiger partial charge in [0.1, 0.15) is 29.1 Å². The standard InChI is InChI=1S/C30H27N3O8S/c1-6-40-29(35)26-17(3)31-30-32(27(26)21-11-9-19(38-4)14-24(21)39-5)28(34)25(42-30)15-20-10-12-23(41-20)22-13-18(33(36)37)8-7-16(22)2/h7-15,27H,6H2,1-5H3/b25-15-. The number of aryl methyl sites for hydroxylation is 1. The van der Waals surface area contributed by atoms with Gasteiger partial charge < -0.3 is 18.6 Å². The molecule has 42 heavy (non-hydrogen) atoms. The van der Waals surface area contributed by atoms with Crippen LogP contribution in [0.5, 0.6) is 11.5 Å². The lowest BCUT2D eigenvalue weighted by Gasteiger charge is -2.26. The van der Waals surface area contributed by atoms with Crippen LogP contribution in [0, 0.1) is 17.0 Å². The van der Waals surface area contributed by atoms with Gasteiger partial charge in [0.25, 0.3) is 11.2 Å². The number of nitro groups is 1. The Morgan fingerprint density at radius 1 is 1.14 bits per heavy atom. The van der Waals surface area contributed by atoms with Crippen molar-refractivity contribution in [1.82, 2.24) is 4.57 Å². The number of carbonyl (C=O) groups excluding carboxylic acids is 1. The fourth-order valence-electron chi connectivity index (χ4n) is 4.82. The van der Waals surface area contributed by atoms with Gasteiger partial charge in [-0.25, -0.2) is 9.79 Å². The van der Waals surface area contributed by atoms with Gasteiger partial charge in [-0.1, -0.05) is 17.4 Å². The summed E-state index contributed by atoms with van der Waals surface area (Å²) in [6.45, 7) is 5.39. The Morgan fingerprint density at radius 3 is 2.62 bits per heavy atom. The lowest BCUT2D eigenvalue weighted by molar-refractivity contribution is -0.384. The number of non-ortho nitro benzene ring substituents is 1. The molecule has 0 bridgehead atoms. The maximum atomic E-state index is 13.9. The van der Waals surface area contributed by atoms with Crippen molar-refractivity contribution in [3.8, 4) is 22.8 Å². The molecule has 0 aliphatic carbocycles. The summed E-state index contributed by atoms with van der Waals surface area (Å²) < 4.78 is 24.1. The van der Waals surface area contributed by atoms with Gasteiger partial charge in [-0.05, 0) is 50.6 Å². The number of allylic oxidation sites excluding steroid dienone is 1. The van der Waals surface area contributed by atoms with Crippen molar-refractivity contribution in [2.45, 2.75) is 26.8 Å². The molecule has 216 valence electrons. The fraction of sp³-hybridized carbons (Fsp3) is 0.233. The number of rotatable bonds is 8. The van der Waals surface area contributed by atoms with Crippen LogP contribution < -0.4 is 24.4 Å². The topological polar surface area (TPSA) is 135 Å². The van der Waals surface area contributed by atoms with E-state index in [2.05, 4.69) is 4.99 Å². The van der Waals surface area contributed by atoms with Gasteiger partial charge in [-0.2, -0.15) is 0 Å². The van der Waals surface area contributed by atoms with E-state index in [1.165, 1.54) is 30.9 Å². The summed E-state index contributed by atoms with van der Waals surface area (Å²) in [7, 11) is 3.03. The molecule has 1 aliphatic rings. The highest BCUT2D eigenvalue weighted by molar-refractivity contribution is 7.07. The van der Waals surface area contributed by atoms with Gasteiger partial charge >= 0.3 is 5.97 Å². The summed E-state index contributed by atoms with van der Waals surface area (Å²) in [5.41, 5.74) is 2.14. The van der Waals surface area contributed by atoms with E-state index in [4.69, 9.17) is 18.6 Å². The van der Waals surface area contributed by atoms with E-state index in [1.807, 2.05) is 6.92 Å². The minimum atomic E-state index is -0.872. The average Bonchev–Trinajstić information content (AvgIpc) is 3.56. The molecule has 4 aromatic rings. The summed E-state index contributed by atoms with van der Waals surface area (Å²) in [4.78, 5) is 42.9. The minimum Gasteiger partial charge on any atom is -0.497 e. The number of fused-ring (bicyclic) bond motifs is 1. The predicted octanol–water partition coefficient (Wildman–Crippen LogP) is 4.29. The number of aromatic nitrogens is 1. The summed E-state index contributed by atoms with van der Waals surface area (Å²) in [5.74, 6) is 1.19. The second kappa shape index (κ2) is 11.5. The molecule has 1 unspecified atom stereocenters. The van der Waals surface area contributed by atoms with Crippen molar-refractivity contribution in [2.75, 3.05) is 20.8 Å². The van der Waals surface area contributed by atoms with E-state index in [1.54, 1.807) is 56.3 Å². The number of benzene rings is 2. The smallest absolute Gasteiger partial charge is 0.338 e. The Bertz CT molecular complexity index is 1930. The zero-order valence-electron chi connectivity index (χ0n) is 23.5. The molecule has 1 aliphatic heterocycles. The normalized spacial score (nSPS) is 14.8. The number of methoxy groups -OCH3 is 2. The third kappa shape index (κ3) is 5.12. The van der Waals surface area contributed by atoms with Crippen molar-refractivity contribution in [2.24, 2.45) is 4.99 Å². The summed E-state index contributed by atoms with van der Waals surface area (Å²) >= 11 is 1.15. The molecule has 1 atom stereocenters. The van der Waals surface area contributed by atoms with Crippen molar-refractivity contribution < 1.29 is 28.3 Å². The van der Waals surface area contributed by atoms with Crippen molar-refractivity contribution >= 4 is 29.1 Å². The molecular formula is C30H27N3O8S. The molecule has 0 radical (unpaired) electrons. The third-order valence-electron chi connectivity index (χ3n) is 6.85. The van der Waals surface area contributed by atoms with E-state index in [9.17, 15) is 19.7 Å². The maximum Gasteiger partial charge on any atom is 0.338 e. The number of hydrogen-bond donors (Lipinski definition) is 0. The number of carbonyl (C=O) groups is 1. The molecule has 12 heteroatoms. The monoisotopic (exact) mass is 589 g/mol. The molecule has 0 saturated heterocycles. The molecule has 5 rings (SSSR count). The maximum absolute atomic E-state index is 13.9. The Kier molecular flexibility index (Phi) is 7.81. The summed E-state index contributed by atoms with van der Waals surface area (Å²) in [6.07, 6.45) is 1.59. The summed E-state index contributed by atoms with van der Waals surface area (Å²) in [5, 5.41) is 11.3. The van der Waals surface area contributed by atoms with Crippen LogP contribution in [0.3, 0.4) is 0 Å². The largest absolute Gasteiger partial charge is 0.497 e. The van der Waals surface area contributed by atoms with Gasteiger partial charge in [-0.3, -0.25) is 19.5 Å². The fourth-order valence-corrected chi connectivity index (χ4v) is 5.85. The molecule has 3 heterocycles. The van der Waals surface area contributed by atoms with Gasteiger partial charge in [0, 0.05) is 35.4 Å². The average molecular weight is 590 g/mol. The Hall–Kier alpha value is -4.97. The van der Waals surface area contributed by atoms with Crippen LogP contribution in [0.25, 0.3) is 17.4 Å². The quantitative estimate of drug-likeness (QED) is 0.169. The number of esters is 1. The minimum absolute atomic E-state index is 0.0522. The lowest BCUT2D eigenvalue weighted by Crippen LogP contribution is -2.40. The zero-order valence-corrected chi connectivity index (χ0v) is 24.3. The highest BCUT2D eigenvalue weighted by Gasteiger charge is 2.35. The SMILES string of the molecule is CCOC(=O)C1=C(C)N=c2s/c(=C\c3ccc(-c4cc([N+](=O)[O-])ccc4C)o3)c(=O)n2C1c1ccc(OC)cc1OC. The van der Waals surface area contributed by atoms with E-state index < -0.39 is 16.9 Å². The van der Waals surface area contributed by atoms with Gasteiger partial charge in [0.05, 0.1) is 41.6 Å². The number of ether oxygens (including phenoxy) is 3. The van der Waals surface area contributed by atoms with E-state index in [0.29, 0.717) is 49.2 Å². The van der Waals surface area contributed by atoms with Crippen molar-refractivity contribution in [3.63, 3.8) is 0 Å². The Morgan fingerprint density at radius 2 is 1.93 bits per heavy atom.